The van der Waals surface area contributed by atoms with Gasteiger partial charge in [-0.3, -0.25) is 4.99 Å². The maximum atomic E-state index is 8.59. The minimum absolute atomic E-state index is 0.0752. The Kier molecular flexibility index (Phi) is 3.13. The smallest absolute Gasteiger partial charge is 0.177 e. The van der Waals surface area contributed by atoms with Gasteiger partial charge in [-0.1, -0.05) is 0 Å². The Morgan fingerprint density at radius 2 is 2.46 bits per heavy atom. The third kappa shape index (κ3) is 2.62. The molecule has 1 fully saturated rings. The molecule has 72 valence electrons. The van der Waals surface area contributed by atoms with Gasteiger partial charge in [-0.25, -0.2) is 0 Å². The Hall–Kier alpha value is -1.24. The quantitative estimate of drug-likeness (QED) is 0.292. The summed E-state index contributed by atoms with van der Waals surface area (Å²) in [4.78, 5) is 6.12. The van der Waals surface area contributed by atoms with Gasteiger partial charge in [-0.2, -0.15) is 5.26 Å². The molecule has 0 saturated carbocycles. The van der Waals surface area contributed by atoms with E-state index in [0.717, 1.165) is 25.9 Å². The molecule has 1 N–H and O–H groups in total. The van der Waals surface area contributed by atoms with Gasteiger partial charge in [0.15, 0.2) is 6.19 Å². The van der Waals surface area contributed by atoms with E-state index in [4.69, 9.17) is 5.26 Å². The van der Waals surface area contributed by atoms with Gasteiger partial charge in [0, 0.05) is 20.1 Å². The topological polar surface area (TPSA) is 51.4 Å². The van der Waals surface area contributed by atoms with Gasteiger partial charge in [0.05, 0.1) is 11.9 Å². The van der Waals surface area contributed by atoms with E-state index >= 15 is 0 Å². The second kappa shape index (κ2) is 4.13. The van der Waals surface area contributed by atoms with Crippen LogP contribution < -0.4 is 5.32 Å². The number of nitrogens with zero attached hydrogens (tertiary/aromatic N) is 3. The van der Waals surface area contributed by atoms with E-state index in [9.17, 15) is 0 Å². The van der Waals surface area contributed by atoms with Crippen LogP contribution in [0.3, 0.4) is 0 Å². The molecule has 0 aromatic rings. The van der Waals surface area contributed by atoms with Gasteiger partial charge in [0.25, 0.3) is 0 Å². The standard InChI is InChI=1S/C9H16N4/c1-9(12-7-10)4-3-5-13(6-9)8-11-2/h8,12H,3-6H2,1-2H3. The van der Waals surface area contributed by atoms with Crippen LogP contribution in [0.2, 0.25) is 0 Å². The third-order valence-electron chi connectivity index (χ3n) is 2.36. The molecular formula is C9H16N4. The Morgan fingerprint density at radius 3 is 3.08 bits per heavy atom. The Labute approximate surface area is 79.3 Å². The van der Waals surface area contributed by atoms with E-state index < -0.39 is 0 Å². The lowest BCUT2D eigenvalue weighted by atomic mass is 9.92. The molecule has 13 heavy (non-hydrogen) atoms. The summed E-state index contributed by atoms with van der Waals surface area (Å²) in [6.45, 7) is 3.98. The van der Waals surface area contributed by atoms with Crippen LogP contribution in [0, 0.1) is 11.5 Å². The molecule has 4 nitrogen and oxygen atoms in total. The molecule has 1 unspecified atom stereocenters. The van der Waals surface area contributed by atoms with Gasteiger partial charge < -0.3 is 10.2 Å². The zero-order valence-corrected chi connectivity index (χ0v) is 8.25. The van der Waals surface area contributed by atoms with E-state index in [0.29, 0.717) is 0 Å². The Bertz CT molecular complexity index is 230. The second-order valence-electron chi connectivity index (χ2n) is 3.75. The van der Waals surface area contributed by atoms with Crippen molar-refractivity contribution in [1.29, 1.82) is 5.26 Å². The number of rotatable bonds is 2. The molecule has 0 aromatic carbocycles. The number of piperidine rings is 1. The van der Waals surface area contributed by atoms with E-state index in [-0.39, 0.29) is 5.54 Å². The maximum absolute atomic E-state index is 8.59. The molecule has 1 rings (SSSR count). The van der Waals surface area contributed by atoms with Crippen LogP contribution in [-0.2, 0) is 0 Å². The molecule has 0 aromatic heterocycles. The first-order chi connectivity index (χ1) is 6.20. The summed E-state index contributed by atoms with van der Waals surface area (Å²) in [5, 5.41) is 11.4. The average Bonchev–Trinajstić information content (AvgIpc) is 2.04. The molecule has 0 amide bonds. The Balaban J connectivity index is 2.55. The van der Waals surface area contributed by atoms with Crippen molar-refractivity contribution in [3.63, 3.8) is 0 Å². The van der Waals surface area contributed by atoms with Crippen molar-refractivity contribution in [3.8, 4) is 6.19 Å². The van der Waals surface area contributed by atoms with Crippen molar-refractivity contribution < 1.29 is 0 Å². The molecule has 0 aliphatic carbocycles. The number of hydrogen-bond donors (Lipinski definition) is 1. The molecule has 1 aliphatic heterocycles. The molecule has 1 atom stereocenters. The van der Waals surface area contributed by atoms with E-state index in [1.165, 1.54) is 0 Å². The molecule has 1 aliphatic rings. The maximum Gasteiger partial charge on any atom is 0.177 e. The van der Waals surface area contributed by atoms with Crippen molar-refractivity contribution in [2.24, 2.45) is 4.99 Å². The van der Waals surface area contributed by atoms with E-state index in [1.54, 1.807) is 7.05 Å². The summed E-state index contributed by atoms with van der Waals surface area (Å²) in [5.74, 6) is 0. The molecule has 1 heterocycles. The fourth-order valence-electron chi connectivity index (χ4n) is 1.78. The number of hydrogen-bond acceptors (Lipinski definition) is 3. The van der Waals surface area contributed by atoms with Crippen molar-refractivity contribution in [2.45, 2.75) is 25.3 Å². The first-order valence-electron chi connectivity index (χ1n) is 4.53. The van der Waals surface area contributed by atoms with E-state index in [1.807, 2.05) is 12.5 Å². The van der Waals surface area contributed by atoms with Crippen molar-refractivity contribution in [1.82, 2.24) is 10.2 Å². The fraction of sp³-hybridized carbons (Fsp3) is 0.778. The van der Waals surface area contributed by atoms with Crippen LogP contribution in [0.25, 0.3) is 0 Å². The van der Waals surface area contributed by atoms with Crippen LogP contribution in [0.5, 0.6) is 0 Å². The number of aliphatic imine (C=N–C) groups is 1. The first kappa shape index (κ1) is 9.85. The molecular weight excluding hydrogens is 164 g/mol. The summed E-state index contributed by atoms with van der Waals surface area (Å²) in [6, 6.07) is 0. The van der Waals surface area contributed by atoms with Crippen LogP contribution in [0.15, 0.2) is 4.99 Å². The highest BCUT2D eigenvalue weighted by atomic mass is 15.2. The zero-order chi connectivity index (χ0) is 9.73. The molecule has 0 bridgehead atoms. The number of likely N-dealkylation sites (tertiary alicyclic amines) is 1. The van der Waals surface area contributed by atoms with Crippen LogP contribution in [0.4, 0.5) is 0 Å². The van der Waals surface area contributed by atoms with Crippen molar-refractivity contribution >= 4 is 6.34 Å². The summed E-state index contributed by atoms with van der Waals surface area (Å²) in [5.41, 5.74) is -0.0752. The lowest BCUT2D eigenvalue weighted by molar-refractivity contribution is 0.217. The molecule has 0 spiro atoms. The molecule has 1 saturated heterocycles. The molecule has 0 radical (unpaired) electrons. The zero-order valence-electron chi connectivity index (χ0n) is 8.25. The SMILES string of the molecule is CN=CN1CCCC(C)(NC#N)C1. The second-order valence-corrected chi connectivity index (χ2v) is 3.75. The highest BCUT2D eigenvalue weighted by molar-refractivity contribution is 5.55. The fourth-order valence-corrected chi connectivity index (χ4v) is 1.78. The first-order valence-corrected chi connectivity index (χ1v) is 4.53. The summed E-state index contributed by atoms with van der Waals surface area (Å²) < 4.78 is 0. The summed E-state index contributed by atoms with van der Waals surface area (Å²) >= 11 is 0. The normalized spacial score (nSPS) is 28.8. The number of nitrogens with one attached hydrogen (secondary N) is 1. The van der Waals surface area contributed by atoms with Gasteiger partial charge in [-0.05, 0) is 19.8 Å². The van der Waals surface area contributed by atoms with Gasteiger partial charge in [0.1, 0.15) is 0 Å². The van der Waals surface area contributed by atoms with Gasteiger partial charge >= 0.3 is 0 Å². The lowest BCUT2D eigenvalue weighted by Crippen LogP contribution is -2.53. The monoisotopic (exact) mass is 180 g/mol. The van der Waals surface area contributed by atoms with Gasteiger partial charge in [0.2, 0.25) is 0 Å². The minimum atomic E-state index is -0.0752. The summed E-state index contributed by atoms with van der Waals surface area (Å²) in [6.07, 6.45) is 6.02. The highest BCUT2D eigenvalue weighted by Gasteiger charge is 2.29. The van der Waals surface area contributed by atoms with E-state index in [2.05, 4.69) is 22.1 Å². The number of nitriles is 1. The lowest BCUT2D eigenvalue weighted by Gasteiger charge is -2.38. The Morgan fingerprint density at radius 1 is 1.69 bits per heavy atom. The van der Waals surface area contributed by atoms with Crippen molar-refractivity contribution in [2.75, 3.05) is 20.1 Å². The van der Waals surface area contributed by atoms with Crippen molar-refractivity contribution in [3.05, 3.63) is 0 Å². The van der Waals surface area contributed by atoms with Crippen LogP contribution in [0.1, 0.15) is 19.8 Å². The highest BCUT2D eigenvalue weighted by Crippen LogP contribution is 2.19. The van der Waals surface area contributed by atoms with Gasteiger partial charge in [-0.15, -0.1) is 0 Å². The largest absolute Gasteiger partial charge is 0.361 e. The molecule has 4 heteroatoms. The predicted octanol–water partition coefficient (Wildman–Crippen LogP) is 0.570. The summed E-state index contributed by atoms with van der Waals surface area (Å²) in [7, 11) is 1.77. The average molecular weight is 180 g/mol. The third-order valence-corrected chi connectivity index (χ3v) is 2.36. The predicted molar refractivity (Wildman–Crippen MR) is 52.4 cm³/mol. The minimum Gasteiger partial charge on any atom is -0.361 e. The van der Waals surface area contributed by atoms with Crippen LogP contribution >= 0.6 is 0 Å². The van der Waals surface area contributed by atoms with Crippen LogP contribution in [-0.4, -0.2) is 36.9 Å².